The van der Waals surface area contributed by atoms with E-state index in [0.717, 1.165) is 46.6 Å². The van der Waals surface area contributed by atoms with Crippen LogP contribution in [0.5, 0.6) is 11.5 Å². The fraction of sp³-hybridized carbons (Fsp3) is 0.286. The molecule has 1 aliphatic rings. The molecule has 0 unspecified atom stereocenters. The highest BCUT2D eigenvalue weighted by molar-refractivity contribution is 5.66. The molecule has 5 rings (SSSR count). The second kappa shape index (κ2) is 8.86. The zero-order valence-electron chi connectivity index (χ0n) is 20.4. The third kappa shape index (κ3) is 4.12. The first-order valence-electron chi connectivity index (χ1n) is 11.8. The molecule has 3 aromatic heterocycles. The summed E-state index contributed by atoms with van der Waals surface area (Å²) in [4.78, 5) is 14.0. The minimum absolute atomic E-state index is 0.321. The van der Waals surface area contributed by atoms with Crippen LogP contribution in [-0.4, -0.2) is 33.0 Å². The molecule has 6 heteroatoms. The van der Waals surface area contributed by atoms with Crippen molar-refractivity contribution in [1.82, 2.24) is 19.3 Å². The Hall–Kier alpha value is -3.80. The Kier molecular flexibility index (Phi) is 5.74. The van der Waals surface area contributed by atoms with E-state index in [2.05, 4.69) is 84.5 Å². The fourth-order valence-electron chi connectivity index (χ4n) is 4.49. The van der Waals surface area contributed by atoms with Gasteiger partial charge in [0.15, 0.2) is 0 Å². The molecule has 0 saturated heterocycles. The van der Waals surface area contributed by atoms with Gasteiger partial charge in [0.25, 0.3) is 0 Å². The number of rotatable bonds is 6. The predicted molar refractivity (Wildman–Crippen MR) is 137 cm³/mol. The van der Waals surface area contributed by atoms with Gasteiger partial charge in [0.05, 0.1) is 23.8 Å². The van der Waals surface area contributed by atoms with Crippen molar-refractivity contribution in [2.24, 2.45) is 0 Å². The summed E-state index contributed by atoms with van der Waals surface area (Å²) in [5.41, 5.74) is 6.20. The number of anilines is 1. The molecule has 6 nitrogen and oxygen atoms in total. The van der Waals surface area contributed by atoms with Crippen molar-refractivity contribution < 1.29 is 4.74 Å². The molecule has 0 amide bonds. The minimum Gasteiger partial charge on any atom is -0.457 e. The Balaban J connectivity index is 1.61. The van der Waals surface area contributed by atoms with Crippen LogP contribution in [0.15, 0.2) is 73.2 Å². The third-order valence-electron chi connectivity index (χ3n) is 6.04. The fourth-order valence-corrected chi connectivity index (χ4v) is 4.49. The zero-order chi connectivity index (χ0) is 23.8. The van der Waals surface area contributed by atoms with Gasteiger partial charge < -0.3 is 14.5 Å². The van der Waals surface area contributed by atoms with Crippen molar-refractivity contribution in [2.75, 3.05) is 18.6 Å². The molecular weight excluding hydrogens is 422 g/mol. The molecule has 0 N–H and O–H groups in total. The Morgan fingerprint density at radius 3 is 2.41 bits per heavy atom. The molecule has 0 saturated carbocycles. The quantitative estimate of drug-likeness (QED) is 0.328. The van der Waals surface area contributed by atoms with E-state index in [4.69, 9.17) is 9.72 Å². The van der Waals surface area contributed by atoms with Gasteiger partial charge in [0.2, 0.25) is 0 Å². The van der Waals surface area contributed by atoms with Crippen LogP contribution in [0.2, 0.25) is 0 Å². The van der Waals surface area contributed by atoms with E-state index in [1.807, 2.05) is 42.6 Å². The summed E-state index contributed by atoms with van der Waals surface area (Å²) >= 11 is 0. The molecule has 0 atom stereocenters. The number of ether oxygens (including phenoxy) is 1. The lowest BCUT2D eigenvalue weighted by Crippen LogP contribution is -2.21. The Labute approximate surface area is 201 Å². The molecule has 34 heavy (non-hydrogen) atoms. The molecule has 4 heterocycles. The largest absolute Gasteiger partial charge is 0.457 e. The van der Waals surface area contributed by atoms with Gasteiger partial charge in [-0.3, -0.25) is 9.38 Å². The summed E-state index contributed by atoms with van der Waals surface area (Å²) in [6.45, 7) is 9.65. The normalized spacial score (nSPS) is 13.6. The van der Waals surface area contributed by atoms with Crippen molar-refractivity contribution in [3.63, 3.8) is 0 Å². The van der Waals surface area contributed by atoms with E-state index in [-0.39, 0.29) is 0 Å². The predicted octanol–water partition coefficient (Wildman–Crippen LogP) is 6.62. The lowest BCUT2D eigenvalue weighted by atomic mass is 10.0. The van der Waals surface area contributed by atoms with Crippen molar-refractivity contribution in [1.29, 1.82) is 0 Å². The Bertz CT molecular complexity index is 1340. The number of imidazole rings is 1. The second-order valence-corrected chi connectivity index (χ2v) is 9.44. The molecule has 0 bridgehead atoms. The standard InChI is InChI=1S/C28H31N5O/c1-19(2)27-28(20(3)4)33-25(24-11-6-7-12-29-24)16-23(17-26(33)30-27)34-22-10-8-9-21(15-22)32-14-13-31(5)18-32/h6-17,19-20H,18H2,1-5H3. The summed E-state index contributed by atoms with van der Waals surface area (Å²) < 4.78 is 8.65. The molecule has 0 radical (unpaired) electrons. The van der Waals surface area contributed by atoms with Crippen molar-refractivity contribution in [2.45, 2.75) is 39.5 Å². The number of aromatic nitrogens is 3. The Morgan fingerprint density at radius 1 is 0.882 bits per heavy atom. The van der Waals surface area contributed by atoms with Crippen molar-refractivity contribution in [3.05, 3.63) is 84.6 Å². The monoisotopic (exact) mass is 453 g/mol. The maximum atomic E-state index is 6.40. The van der Waals surface area contributed by atoms with Crippen LogP contribution < -0.4 is 9.64 Å². The van der Waals surface area contributed by atoms with E-state index in [1.54, 1.807) is 0 Å². The molecule has 4 aromatic rings. The van der Waals surface area contributed by atoms with Gasteiger partial charge in [-0.2, -0.15) is 0 Å². The van der Waals surface area contributed by atoms with Crippen LogP contribution in [0.3, 0.4) is 0 Å². The van der Waals surface area contributed by atoms with Crippen LogP contribution in [0.4, 0.5) is 5.69 Å². The lowest BCUT2D eigenvalue weighted by molar-refractivity contribution is 0.480. The number of benzene rings is 1. The highest BCUT2D eigenvalue weighted by atomic mass is 16.5. The van der Waals surface area contributed by atoms with Gasteiger partial charge in [-0.25, -0.2) is 4.98 Å². The van der Waals surface area contributed by atoms with Gasteiger partial charge >= 0.3 is 0 Å². The number of hydrogen-bond donors (Lipinski definition) is 0. The van der Waals surface area contributed by atoms with Gasteiger partial charge in [0.1, 0.15) is 17.1 Å². The van der Waals surface area contributed by atoms with E-state index < -0.39 is 0 Å². The highest BCUT2D eigenvalue weighted by Crippen LogP contribution is 2.35. The number of nitrogens with zero attached hydrogens (tertiary/aromatic N) is 5. The smallest absolute Gasteiger partial charge is 0.141 e. The number of pyridine rings is 2. The average Bonchev–Trinajstić information content (AvgIpc) is 3.43. The maximum absolute atomic E-state index is 6.40. The van der Waals surface area contributed by atoms with Crippen molar-refractivity contribution >= 4 is 11.3 Å². The number of hydrogen-bond acceptors (Lipinski definition) is 5. The summed E-state index contributed by atoms with van der Waals surface area (Å²) in [5, 5.41) is 0. The molecule has 1 aromatic carbocycles. The molecule has 174 valence electrons. The van der Waals surface area contributed by atoms with E-state index in [9.17, 15) is 0 Å². The minimum atomic E-state index is 0.321. The molecule has 0 spiro atoms. The van der Waals surface area contributed by atoms with E-state index in [0.29, 0.717) is 11.8 Å². The van der Waals surface area contributed by atoms with Crippen LogP contribution in [0.1, 0.15) is 50.9 Å². The summed E-state index contributed by atoms with van der Waals surface area (Å²) in [6, 6.07) is 18.3. The van der Waals surface area contributed by atoms with E-state index in [1.165, 1.54) is 5.69 Å². The molecule has 0 aliphatic carbocycles. The van der Waals surface area contributed by atoms with Crippen LogP contribution in [0.25, 0.3) is 17.0 Å². The Morgan fingerprint density at radius 2 is 1.74 bits per heavy atom. The van der Waals surface area contributed by atoms with E-state index >= 15 is 0 Å². The van der Waals surface area contributed by atoms with Gasteiger partial charge in [-0.1, -0.05) is 39.8 Å². The molecular formula is C28H31N5O. The van der Waals surface area contributed by atoms with Crippen molar-refractivity contribution in [3.8, 4) is 22.9 Å². The summed E-state index contributed by atoms with van der Waals surface area (Å²) in [7, 11) is 2.06. The zero-order valence-corrected chi connectivity index (χ0v) is 20.4. The van der Waals surface area contributed by atoms with Gasteiger partial charge in [-0.15, -0.1) is 0 Å². The third-order valence-corrected chi connectivity index (χ3v) is 6.04. The average molecular weight is 454 g/mol. The first kappa shape index (κ1) is 22.0. The lowest BCUT2D eigenvalue weighted by Gasteiger charge is -2.19. The maximum Gasteiger partial charge on any atom is 0.141 e. The van der Waals surface area contributed by atoms with Crippen LogP contribution >= 0.6 is 0 Å². The van der Waals surface area contributed by atoms with Crippen LogP contribution in [0, 0.1) is 0 Å². The highest BCUT2D eigenvalue weighted by Gasteiger charge is 2.22. The van der Waals surface area contributed by atoms with Crippen LogP contribution in [-0.2, 0) is 0 Å². The molecule has 0 fully saturated rings. The SMILES string of the molecule is CC(C)c1nc2cc(Oc3cccc(N4C=CN(C)C4)c3)cc(-c3ccccn3)n2c1C(C)C. The first-order valence-corrected chi connectivity index (χ1v) is 11.8. The van der Waals surface area contributed by atoms with Gasteiger partial charge in [0, 0.05) is 55.2 Å². The second-order valence-electron chi connectivity index (χ2n) is 9.44. The molecule has 1 aliphatic heterocycles. The topological polar surface area (TPSA) is 45.9 Å². The number of fused-ring (bicyclic) bond motifs is 1. The van der Waals surface area contributed by atoms with Gasteiger partial charge in [-0.05, 0) is 36.1 Å². The summed E-state index contributed by atoms with van der Waals surface area (Å²) in [5.74, 6) is 2.18. The first-order chi connectivity index (χ1) is 16.4. The summed E-state index contributed by atoms with van der Waals surface area (Å²) in [6.07, 6.45) is 5.97.